The summed E-state index contributed by atoms with van der Waals surface area (Å²) in [6, 6.07) is 30.6. The van der Waals surface area contributed by atoms with Crippen LogP contribution in [0.3, 0.4) is 0 Å². The molecule has 5 rings (SSSR count). The number of hydrogen-bond acceptors (Lipinski definition) is 3. The Morgan fingerprint density at radius 2 is 1.78 bits per heavy atom. The lowest BCUT2D eigenvalue weighted by molar-refractivity contribution is 0.0599. The third-order valence-electron chi connectivity index (χ3n) is 7.87. The Morgan fingerprint density at radius 1 is 1.00 bits per heavy atom. The van der Waals surface area contributed by atoms with E-state index in [1.165, 1.54) is 40.1 Å². The fourth-order valence-electron chi connectivity index (χ4n) is 5.88. The summed E-state index contributed by atoms with van der Waals surface area (Å²) in [5, 5.41) is 6.41. The third-order valence-corrected chi connectivity index (χ3v) is 7.87. The van der Waals surface area contributed by atoms with E-state index in [1.807, 2.05) is 13.0 Å². The van der Waals surface area contributed by atoms with Crippen molar-refractivity contribution in [1.29, 1.82) is 0 Å². The minimum Gasteiger partial charge on any atom is -0.465 e. The van der Waals surface area contributed by atoms with Gasteiger partial charge in [-0.05, 0) is 90.2 Å². The van der Waals surface area contributed by atoms with E-state index < -0.39 is 0 Å². The minimum absolute atomic E-state index is 0.262. The monoisotopic (exact) mass is 477 g/mol. The molecule has 3 heteroatoms. The number of esters is 1. The van der Waals surface area contributed by atoms with Crippen molar-refractivity contribution in [2.24, 2.45) is 5.92 Å². The molecule has 184 valence electrons. The maximum atomic E-state index is 12.4. The van der Waals surface area contributed by atoms with E-state index >= 15 is 0 Å². The van der Waals surface area contributed by atoms with Crippen molar-refractivity contribution in [1.82, 2.24) is 5.32 Å². The van der Waals surface area contributed by atoms with Gasteiger partial charge in [0.15, 0.2) is 0 Å². The number of carbonyl (C=O) groups excluding carboxylic acids is 1. The minimum atomic E-state index is -0.262. The highest BCUT2D eigenvalue weighted by Crippen LogP contribution is 2.41. The molecule has 1 aliphatic carbocycles. The number of hydrogen-bond donors (Lipinski definition) is 1. The number of benzene rings is 4. The molecule has 0 heterocycles. The summed E-state index contributed by atoms with van der Waals surface area (Å²) in [5.74, 6) is 0.612. The molecule has 0 fully saturated rings. The van der Waals surface area contributed by atoms with Gasteiger partial charge in [-0.3, -0.25) is 0 Å². The van der Waals surface area contributed by atoms with Crippen LogP contribution in [0.1, 0.15) is 69.9 Å². The molecule has 4 aromatic rings. The molecule has 0 saturated carbocycles. The Morgan fingerprint density at radius 3 is 2.64 bits per heavy atom. The first-order valence-electron chi connectivity index (χ1n) is 13.0. The first-order chi connectivity index (χ1) is 17.5. The van der Waals surface area contributed by atoms with Crippen LogP contribution in [0.4, 0.5) is 0 Å². The van der Waals surface area contributed by atoms with Crippen molar-refractivity contribution < 1.29 is 9.53 Å². The van der Waals surface area contributed by atoms with Crippen LogP contribution in [-0.2, 0) is 11.2 Å². The van der Waals surface area contributed by atoms with E-state index in [4.69, 9.17) is 4.74 Å². The number of aryl methyl sites for hydroxylation is 1. The highest BCUT2D eigenvalue weighted by molar-refractivity contribution is 5.91. The molecular weight excluding hydrogens is 442 g/mol. The lowest BCUT2D eigenvalue weighted by atomic mass is 9.72. The van der Waals surface area contributed by atoms with Crippen molar-refractivity contribution in [3.63, 3.8) is 0 Å². The largest absolute Gasteiger partial charge is 0.465 e. The van der Waals surface area contributed by atoms with Gasteiger partial charge in [0.2, 0.25) is 0 Å². The molecular formula is C33H35NO2. The average Bonchev–Trinajstić information content (AvgIpc) is 2.92. The van der Waals surface area contributed by atoms with Gasteiger partial charge < -0.3 is 10.1 Å². The van der Waals surface area contributed by atoms with Crippen molar-refractivity contribution in [3.05, 3.63) is 118 Å². The van der Waals surface area contributed by atoms with Gasteiger partial charge in [0.1, 0.15) is 0 Å². The van der Waals surface area contributed by atoms with Crippen LogP contribution in [-0.4, -0.2) is 19.6 Å². The Hall–Kier alpha value is -3.43. The summed E-state index contributed by atoms with van der Waals surface area (Å²) in [4.78, 5) is 12.4. The van der Waals surface area contributed by atoms with Crippen LogP contribution in [0.15, 0.2) is 84.9 Å². The van der Waals surface area contributed by atoms with Crippen LogP contribution in [0.5, 0.6) is 0 Å². The molecule has 0 radical (unpaired) electrons. The van der Waals surface area contributed by atoms with Gasteiger partial charge in [-0.2, -0.15) is 0 Å². The molecule has 1 aliphatic rings. The number of ether oxygens (including phenoxy) is 1. The van der Waals surface area contributed by atoms with Gasteiger partial charge in [-0.1, -0.05) is 78.9 Å². The predicted octanol–water partition coefficient (Wildman–Crippen LogP) is 7.37. The molecule has 3 nitrogen and oxygen atoms in total. The molecule has 36 heavy (non-hydrogen) atoms. The average molecular weight is 478 g/mol. The molecule has 0 aromatic heterocycles. The van der Waals surface area contributed by atoms with E-state index in [9.17, 15) is 4.79 Å². The van der Waals surface area contributed by atoms with Crippen LogP contribution < -0.4 is 5.32 Å². The highest BCUT2D eigenvalue weighted by atomic mass is 16.5. The van der Waals surface area contributed by atoms with Gasteiger partial charge in [0.05, 0.1) is 12.7 Å². The quantitative estimate of drug-likeness (QED) is 0.282. The Balaban J connectivity index is 1.32. The molecule has 0 bridgehead atoms. The van der Waals surface area contributed by atoms with Crippen molar-refractivity contribution in [2.75, 3.05) is 13.7 Å². The van der Waals surface area contributed by atoms with Crippen LogP contribution in [0, 0.1) is 12.8 Å². The lowest BCUT2D eigenvalue weighted by Crippen LogP contribution is -2.26. The van der Waals surface area contributed by atoms with E-state index in [2.05, 4.69) is 91.1 Å². The van der Waals surface area contributed by atoms with E-state index in [0.717, 1.165) is 31.4 Å². The second-order valence-electron chi connectivity index (χ2n) is 10.2. The Bertz CT molecular complexity index is 1370. The van der Waals surface area contributed by atoms with Gasteiger partial charge in [-0.25, -0.2) is 4.79 Å². The number of carbonyl (C=O) groups is 1. The number of methoxy groups -OCH3 is 1. The number of fused-ring (bicyclic) bond motifs is 2. The third kappa shape index (κ3) is 4.94. The molecule has 0 amide bonds. The number of nitrogens with one attached hydrogen (secondary N) is 1. The fraction of sp³-hybridized carbons (Fsp3) is 0.303. The second kappa shape index (κ2) is 10.7. The zero-order chi connectivity index (χ0) is 25.1. The van der Waals surface area contributed by atoms with E-state index in [1.54, 1.807) is 0 Å². The molecule has 0 aliphatic heterocycles. The van der Waals surface area contributed by atoms with Gasteiger partial charge in [0, 0.05) is 12.0 Å². The first kappa shape index (κ1) is 24.3. The summed E-state index contributed by atoms with van der Waals surface area (Å²) >= 11 is 0. The summed E-state index contributed by atoms with van der Waals surface area (Å²) < 4.78 is 5.04. The zero-order valence-electron chi connectivity index (χ0n) is 21.5. The van der Waals surface area contributed by atoms with Crippen LogP contribution in [0.25, 0.3) is 10.8 Å². The summed E-state index contributed by atoms with van der Waals surface area (Å²) in [7, 11) is 1.45. The molecule has 1 unspecified atom stereocenters. The summed E-state index contributed by atoms with van der Waals surface area (Å²) in [6.07, 6.45) is 3.31. The van der Waals surface area contributed by atoms with Crippen molar-refractivity contribution in [3.8, 4) is 0 Å². The summed E-state index contributed by atoms with van der Waals surface area (Å²) in [5.41, 5.74) is 7.01. The van der Waals surface area contributed by atoms with E-state index in [0.29, 0.717) is 23.4 Å². The molecule has 4 aromatic carbocycles. The van der Waals surface area contributed by atoms with Gasteiger partial charge in [0.25, 0.3) is 0 Å². The van der Waals surface area contributed by atoms with Crippen LogP contribution >= 0.6 is 0 Å². The maximum absolute atomic E-state index is 12.4. The smallest absolute Gasteiger partial charge is 0.338 e. The maximum Gasteiger partial charge on any atom is 0.338 e. The molecule has 3 atom stereocenters. The van der Waals surface area contributed by atoms with Crippen molar-refractivity contribution in [2.45, 2.75) is 45.1 Å². The number of rotatable bonds is 7. The first-order valence-corrected chi connectivity index (χ1v) is 13.0. The summed E-state index contributed by atoms with van der Waals surface area (Å²) in [6.45, 7) is 5.21. The van der Waals surface area contributed by atoms with Crippen LogP contribution in [0.2, 0.25) is 0 Å². The lowest BCUT2D eigenvalue weighted by Gasteiger charge is -2.33. The standard InChI is InChI=1S/C33H35NO2/c1-22-15-16-27(21-31(22)33(35)36-3)32-20-24(19-26-10-5-7-13-30(26)32)17-18-34-23(2)28-14-8-11-25-9-4-6-12-29(25)28/h4-16,21,23-24,32,34H,17-20H2,1-3H3/t23-,24-,32?/m1/s1. The van der Waals surface area contributed by atoms with Crippen molar-refractivity contribution >= 4 is 16.7 Å². The highest BCUT2D eigenvalue weighted by Gasteiger charge is 2.28. The predicted molar refractivity (Wildman–Crippen MR) is 148 cm³/mol. The SMILES string of the molecule is COC(=O)c1cc(C2C[C@H](CCN[C@H](C)c3cccc4ccccc34)Cc3ccccc32)ccc1C. The second-order valence-corrected chi connectivity index (χ2v) is 10.2. The van der Waals surface area contributed by atoms with E-state index in [-0.39, 0.29) is 5.97 Å². The molecule has 0 spiro atoms. The topological polar surface area (TPSA) is 38.3 Å². The fourth-order valence-corrected chi connectivity index (χ4v) is 5.88. The normalized spacial score (nSPS) is 18.0. The Kier molecular flexibility index (Phi) is 7.20. The Labute approximate surface area is 214 Å². The molecule has 1 N–H and O–H groups in total. The van der Waals surface area contributed by atoms with Gasteiger partial charge in [-0.15, -0.1) is 0 Å². The molecule has 0 saturated heterocycles. The van der Waals surface area contributed by atoms with Gasteiger partial charge >= 0.3 is 5.97 Å². The zero-order valence-corrected chi connectivity index (χ0v) is 21.5.